The summed E-state index contributed by atoms with van der Waals surface area (Å²) in [7, 11) is 0. The van der Waals surface area contributed by atoms with E-state index in [0.29, 0.717) is 12.1 Å². The molecule has 27 heavy (non-hydrogen) atoms. The molecule has 6 heteroatoms. The SMILES string of the molecule is CC[C@@H](c1nnnn1C1CCCC1)N1CCN(c2cc(C)ccc2C)CC1. The molecule has 1 aliphatic carbocycles. The summed E-state index contributed by atoms with van der Waals surface area (Å²) in [4.78, 5) is 5.12. The summed E-state index contributed by atoms with van der Waals surface area (Å²) < 4.78 is 2.14. The van der Waals surface area contributed by atoms with Crippen molar-refractivity contribution in [1.29, 1.82) is 0 Å². The summed E-state index contributed by atoms with van der Waals surface area (Å²) in [5.41, 5.74) is 4.09. The fourth-order valence-corrected chi connectivity index (χ4v) is 4.77. The van der Waals surface area contributed by atoms with Gasteiger partial charge in [0, 0.05) is 31.9 Å². The molecule has 2 fully saturated rings. The minimum atomic E-state index is 0.321. The number of piperazine rings is 1. The van der Waals surface area contributed by atoms with E-state index in [2.05, 4.69) is 69.0 Å². The van der Waals surface area contributed by atoms with E-state index in [1.54, 1.807) is 0 Å². The second-order valence-corrected chi connectivity index (χ2v) is 8.16. The standard InChI is InChI=1S/C21H32N6/c1-4-19(21-22-23-24-27(21)18-7-5-6-8-18)25-11-13-26(14-12-25)20-15-16(2)9-10-17(20)3/h9-10,15,18-19H,4-8,11-14H2,1-3H3/t19-/m0/s1. The predicted molar refractivity (Wildman–Crippen MR) is 108 cm³/mol. The van der Waals surface area contributed by atoms with Gasteiger partial charge in [0.15, 0.2) is 5.82 Å². The second-order valence-electron chi connectivity index (χ2n) is 8.16. The van der Waals surface area contributed by atoms with Crippen LogP contribution in [0.1, 0.15) is 68.1 Å². The Hall–Kier alpha value is -1.95. The molecule has 0 unspecified atom stereocenters. The van der Waals surface area contributed by atoms with E-state index < -0.39 is 0 Å². The van der Waals surface area contributed by atoms with E-state index in [-0.39, 0.29) is 0 Å². The van der Waals surface area contributed by atoms with Crippen LogP contribution < -0.4 is 4.90 Å². The number of aryl methyl sites for hydroxylation is 2. The van der Waals surface area contributed by atoms with Gasteiger partial charge in [-0.25, -0.2) is 4.68 Å². The van der Waals surface area contributed by atoms with Gasteiger partial charge in [0.1, 0.15) is 0 Å². The molecule has 0 amide bonds. The Balaban J connectivity index is 1.47. The highest BCUT2D eigenvalue weighted by atomic mass is 15.6. The Labute approximate surface area is 162 Å². The van der Waals surface area contributed by atoms with Gasteiger partial charge in [-0.1, -0.05) is 31.9 Å². The van der Waals surface area contributed by atoms with Crippen LogP contribution in [-0.4, -0.2) is 51.3 Å². The van der Waals surface area contributed by atoms with Crippen molar-refractivity contribution in [2.75, 3.05) is 31.1 Å². The first kappa shape index (κ1) is 18.4. The molecule has 4 rings (SSSR count). The van der Waals surface area contributed by atoms with Crippen molar-refractivity contribution in [1.82, 2.24) is 25.1 Å². The van der Waals surface area contributed by atoms with Gasteiger partial charge in [0.2, 0.25) is 0 Å². The summed E-state index contributed by atoms with van der Waals surface area (Å²) in [5.74, 6) is 1.07. The summed E-state index contributed by atoms with van der Waals surface area (Å²) in [6, 6.07) is 7.58. The lowest BCUT2D eigenvalue weighted by Crippen LogP contribution is -2.48. The Kier molecular flexibility index (Phi) is 5.43. The molecule has 2 aromatic rings. The normalized spacial score (nSPS) is 20.3. The third-order valence-corrected chi connectivity index (χ3v) is 6.33. The number of rotatable bonds is 5. The van der Waals surface area contributed by atoms with Gasteiger partial charge in [-0.05, 0) is 60.7 Å². The zero-order valence-corrected chi connectivity index (χ0v) is 16.9. The molecule has 0 N–H and O–H groups in total. The Morgan fingerprint density at radius 2 is 1.81 bits per heavy atom. The highest BCUT2D eigenvalue weighted by molar-refractivity contribution is 5.55. The minimum absolute atomic E-state index is 0.321. The summed E-state index contributed by atoms with van der Waals surface area (Å²) in [5, 5.41) is 12.9. The van der Waals surface area contributed by atoms with Gasteiger partial charge < -0.3 is 4.90 Å². The maximum atomic E-state index is 4.46. The van der Waals surface area contributed by atoms with Crippen molar-refractivity contribution >= 4 is 5.69 Å². The molecule has 1 aromatic carbocycles. The lowest BCUT2D eigenvalue weighted by molar-refractivity contribution is 0.166. The monoisotopic (exact) mass is 368 g/mol. The molecule has 0 radical (unpaired) electrons. The fraction of sp³-hybridized carbons (Fsp3) is 0.667. The number of aromatic nitrogens is 4. The van der Waals surface area contributed by atoms with Crippen LogP contribution in [-0.2, 0) is 0 Å². The molecule has 0 spiro atoms. The zero-order valence-electron chi connectivity index (χ0n) is 16.9. The van der Waals surface area contributed by atoms with Crippen LogP contribution in [0.5, 0.6) is 0 Å². The highest BCUT2D eigenvalue weighted by Gasteiger charge is 2.31. The lowest BCUT2D eigenvalue weighted by Gasteiger charge is -2.40. The van der Waals surface area contributed by atoms with E-state index in [4.69, 9.17) is 0 Å². The topological polar surface area (TPSA) is 50.1 Å². The predicted octanol–water partition coefficient (Wildman–Crippen LogP) is 3.68. The van der Waals surface area contributed by atoms with Crippen LogP contribution >= 0.6 is 0 Å². The Morgan fingerprint density at radius 1 is 1.07 bits per heavy atom. The number of benzene rings is 1. The third-order valence-electron chi connectivity index (χ3n) is 6.33. The highest BCUT2D eigenvalue weighted by Crippen LogP contribution is 2.33. The van der Waals surface area contributed by atoms with E-state index in [9.17, 15) is 0 Å². The zero-order chi connectivity index (χ0) is 18.8. The smallest absolute Gasteiger partial charge is 0.168 e. The van der Waals surface area contributed by atoms with Crippen LogP contribution in [0, 0.1) is 13.8 Å². The summed E-state index contributed by atoms with van der Waals surface area (Å²) in [6.07, 6.45) is 6.09. The maximum Gasteiger partial charge on any atom is 0.168 e. The van der Waals surface area contributed by atoms with Crippen molar-refractivity contribution in [3.8, 4) is 0 Å². The van der Waals surface area contributed by atoms with Crippen molar-refractivity contribution < 1.29 is 0 Å². The Morgan fingerprint density at radius 3 is 2.52 bits per heavy atom. The second kappa shape index (κ2) is 7.97. The van der Waals surface area contributed by atoms with E-state index in [0.717, 1.165) is 38.4 Å². The molecule has 2 aliphatic rings. The van der Waals surface area contributed by atoms with Gasteiger partial charge in [-0.2, -0.15) is 0 Å². The first-order valence-electron chi connectivity index (χ1n) is 10.5. The van der Waals surface area contributed by atoms with Crippen LogP contribution in [0.2, 0.25) is 0 Å². The number of nitrogens with zero attached hydrogens (tertiary/aromatic N) is 6. The molecule has 2 heterocycles. The lowest BCUT2D eigenvalue weighted by atomic mass is 10.1. The molecular weight excluding hydrogens is 336 g/mol. The molecule has 1 aromatic heterocycles. The van der Waals surface area contributed by atoms with Crippen molar-refractivity contribution in [3.63, 3.8) is 0 Å². The molecule has 146 valence electrons. The average Bonchev–Trinajstić information content (AvgIpc) is 3.37. The van der Waals surface area contributed by atoms with Crippen LogP contribution in [0.4, 0.5) is 5.69 Å². The molecular formula is C21H32N6. The van der Waals surface area contributed by atoms with Gasteiger partial charge in [0.25, 0.3) is 0 Å². The van der Waals surface area contributed by atoms with Gasteiger partial charge in [-0.15, -0.1) is 5.10 Å². The van der Waals surface area contributed by atoms with Crippen LogP contribution in [0.15, 0.2) is 18.2 Å². The van der Waals surface area contributed by atoms with E-state index in [1.807, 2.05) is 0 Å². The number of hydrogen-bond donors (Lipinski definition) is 0. The summed E-state index contributed by atoms with van der Waals surface area (Å²) in [6.45, 7) is 10.9. The van der Waals surface area contributed by atoms with E-state index in [1.165, 1.54) is 42.5 Å². The number of tetrazole rings is 1. The van der Waals surface area contributed by atoms with E-state index >= 15 is 0 Å². The number of anilines is 1. The number of hydrogen-bond acceptors (Lipinski definition) is 5. The molecule has 1 saturated heterocycles. The maximum absolute atomic E-state index is 4.46. The van der Waals surface area contributed by atoms with Gasteiger partial charge in [-0.3, -0.25) is 4.90 Å². The first-order chi connectivity index (χ1) is 13.2. The molecule has 0 bridgehead atoms. The average molecular weight is 369 g/mol. The Bertz CT molecular complexity index is 756. The van der Waals surface area contributed by atoms with Crippen molar-refractivity contribution in [2.45, 2.75) is 65.0 Å². The van der Waals surface area contributed by atoms with Crippen molar-refractivity contribution in [2.24, 2.45) is 0 Å². The third kappa shape index (κ3) is 3.72. The molecule has 1 atom stereocenters. The van der Waals surface area contributed by atoms with Crippen molar-refractivity contribution in [3.05, 3.63) is 35.2 Å². The summed E-state index contributed by atoms with van der Waals surface area (Å²) >= 11 is 0. The minimum Gasteiger partial charge on any atom is -0.369 e. The molecule has 1 saturated carbocycles. The molecule has 6 nitrogen and oxygen atoms in total. The van der Waals surface area contributed by atoms with Crippen LogP contribution in [0.3, 0.4) is 0 Å². The fourth-order valence-electron chi connectivity index (χ4n) is 4.77. The molecule has 1 aliphatic heterocycles. The van der Waals surface area contributed by atoms with Gasteiger partial charge >= 0.3 is 0 Å². The van der Waals surface area contributed by atoms with Gasteiger partial charge in [0.05, 0.1) is 12.1 Å². The van der Waals surface area contributed by atoms with Crippen LogP contribution in [0.25, 0.3) is 0 Å². The first-order valence-corrected chi connectivity index (χ1v) is 10.5. The quantitative estimate of drug-likeness (QED) is 0.806. The largest absolute Gasteiger partial charge is 0.369 e.